The van der Waals surface area contributed by atoms with Gasteiger partial charge in [0.05, 0.1) is 11.3 Å². The minimum absolute atomic E-state index is 0.0498. The molecule has 0 saturated carbocycles. The fourth-order valence-corrected chi connectivity index (χ4v) is 2.42. The zero-order chi connectivity index (χ0) is 15.1. The van der Waals surface area contributed by atoms with Crippen molar-refractivity contribution in [3.05, 3.63) is 65.7 Å². The van der Waals surface area contributed by atoms with Gasteiger partial charge in [-0.3, -0.25) is 4.79 Å². The van der Waals surface area contributed by atoms with Crippen LogP contribution < -0.4 is 5.32 Å². The topological polar surface area (TPSA) is 66.4 Å². The molecule has 0 unspecified atom stereocenters. The molecule has 5 heteroatoms. The normalized spacial score (nSPS) is 10.1. The highest BCUT2D eigenvalue weighted by Gasteiger charge is 2.05. The first-order valence-corrected chi connectivity index (χ1v) is 7.40. The van der Waals surface area contributed by atoms with Gasteiger partial charge in [0.1, 0.15) is 0 Å². The van der Waals surface area contributed by atoms with Crippen molar-refractivity contribution in [2.75, 3.05) is 5.75 Å². The molecule has 1 amide bonds. The number of carboxylic acids is 1. The third-order valence-corrected chi connectivity index (χ3v) is 3.82. The lowest BCUT2D eigenvalue weighted by molar-refractivity contribution is -0.118. The lowest BCUT2D eigenvalue weighted by Gasteiger charge is -2.05. The average Bonchev–Trinajstić information content (AvgIpc) is 2.52. The predicted molar refractivity (Wildman–Crippen MR) is 82.4 cm³/mol. The molecule has 0 aliphatic heterocycles. The van der Waals surface area contributed by atoms with Gasteiger partial charge >= 0.3 is 5.97 Å². The fourth-order valence-electron chi connectivity index (χ4n) is 1.69. The van der Waals surface area contributed by atoms with Crippen LogP contribution in [-0.4, -0.2) is 22.7 Å². The summed E-state index contributed by atoms with van der Waals surface area (Å²) in [6.07, 6.45) is 0. The average molecular weight is 301 g/mol. The Balaban J connectivity index is 1.77. The number of carbonyl (C=O) groups excluding carboxylic acids is 1. The Morgan fingerprint density at radius 1 is 1.00 bits per heavy atom. The van der Waals surface area contributed by atoms with E-state index in [0.717, 1.165) is 10.5 Å². The van der Waals surface area contributed by atoms with E-state index in [-0.39, 0.29) is 11.5 Å². The van der Waals surface area contributed by atoms with Crippen molar-refractivity contribution < 1.29 is 14.7 Å². The van der Waals surface area contributed by atoms with Gasteiger partial charge in [0.15, 0.2) is 0 Å². The zero-order valence-corrected chi connectivity index (χ0v) is 12.1. The molecular weight excluding hydrogens is 286 g/mol. The summed E-state index contributed by atoms with van der Waals surface area (Å²) >= 11 is 1.38. The lowest BCUT2D eigenvalue weighted by atomic mass is 10.2. The van der Waals surface area contributed by atoms with Crippen molar-refractivity contribution in [3.63, 3.8) is 0 Å². The molecule has 0 heterocycles. The Morgan fingerprint density at radius 2 is 1.67 bits per heavy atom. The largest absolute Gasteiger partial charge is 0.478 e. The standard InChI is InChI=1S/C16H15NO3S/c18-15(17-10-12-4-2-1-3-5-12)11-21-14-8-6-13(7-9-14)16(19)20/h1-9H,10-11H2,(H,17,18)(H,19,20). The van der Waals surface area contributed by atoms with Gasteiger partial charge in [-0.1, -0.05) is 30.3 Å². The number of aromatic carboxylic acids is 1. The van der Waals surface area contributed by atoms with Crippen LogP contribution in [0.2, 0.25) is 0 Å². The Morgan fingerprint density at radius 3 is 2.29 bits per heavy atom. The highest BCUT2D eigenvalue weighted by atomic mass is 32.2. The van der Waals surface area contributed by atoms with Crippen LogP contribution in [0.25, 0.3) is 0 Å². The van der Waals surface area contributed by atoms with Crippen LogP contribution in [0.15, 0.2) is 59.5 Å². The van der Waals surface area contributed by atoms with Crippen LogP contribution in [-0.2, 0) is 11.3 Å². The second-order valence-electron chi connectivity index (χ2n) is 4.38. The van der Waals surface area contributed by atoms with Gasteiger partial charge in [-0.05, 0) is 29.8 Å². The maximum absolute atomic E-state index is 11.7. The number of hydrogen-bond acceptors (Lipinski definition) is 3. The first-order chi connectivity index (χ1) is 10.1. The molecule has 0 atom stereocenters. The third kappa shape index (κ3) is 4.96. The first-order valence-electron chi connectivity index (χ1n) is 6.42. The summed E-state index contributed by atoms with van der Waals surface area (Å²) in [4.78, 5) is 23.3. The van der Waals surface area contributed by atoms with Crippen molar-refractivity contribution in [1.29, 1.82) is 0 Å². The smallest absolute Gasteiger partial charge is 0.335 e. The predicted octanol–water partition coefficient (Wildman–Crippen LogP) is 2.79. The summed E-state index contributed by atoms with van der Waals surface area (Å²) in [6, 6.07) is 16.2. The minimum Gasteiger partial charge on any atom is -0.478 e. The maximum Gasteiger partial charge on any atom is 0.335 e. The number of rotatable bonds is 6. The van der Waals surface area contributed by atoms with Crippen molar-refractivity contribution in [3.8, 4) is 0 Å². The molecule has 0 fully saturated rings. The molecule has 0 radical (unpaired) electrons. The summed E-state index contributed by atoms with van der Waals surface area (Å²) in [5.74, 6) is -0.697. The van der Waals surface area contributed by atoms with E-state index in [9.17, 15) is 9.59 Å². The molecule has 2 aromatic carbocycles. The van der Waals surface area contributed by atoms with Gasteiger partial charge in [-0.25, -0.2) is 4.79 Å². The van der Waals surface area contributed by atoms with Gasteiger partial charge in [0.25, 0.3) is 0 Å². The molecule has 21 heavy (non-hydrogen) atoms. The van der Waals surface area contributed by atoms with E-state index in [4.69, 9.17) is 5.11 Å². The Labute approximate surface area is 127 Å². The number of amides is 1. The summed E-state index contributed by atoms with van der Waals surface area (Å²) in [6.45, 7) is 0.512. The Hall–Kier alpha value is -2.27. The van der Waals surface area contributed by atoms with E-state index in [1.807, 2.05) is 30.3 Å². The molecular formula is C16H15NO3S. The van der Waals surface area contributed by atoms with E-state index in [0.29, 0.717) is 12.3 Å². The third-order valence-electron chi connectivity index (χ3n) is 2.80. The molecule has 2 rings (SSSR count). The number of benzene rings is 2. The molecule has 0 saturated heterocycles. The van der Waals surface area contributed by atoms with Gasteiger partial charge in [-0.2, -0.15) is 0 Å². The summed E-state index contributed by atoms with van der Waals surface area (Å²) in [7, 11) is 0. The quantitative estimate of drug-likeness (QED) is 0.805. The number of hydrogen-bond donors (Lipinski definition) is 2. The van der Waals surface area contributed by atoms with Gasteiger partial charge in [-0.15, -0.1) is 11.8 Å². The van der Waals surface area contributed by atoms with Gasteiger partial charge in [0, 0.05) is 11.4 Å². The van der Waals surface area contributed by atoms with E-state index in [1.54, 1.807) is 12.1 Å². The van der Waals surface area contributed by atoms with Crippen molar-refractivity contribution in [2.45, 2.75) is 11.4 Å². The number of carboxylic acid groups (broad SMARTS) is 1. The maximum atomic E-state index is 11.7. The molecule has 108 valence electrons. The second kappa shape index (κ2) is 7.50. The molecule has 0 spiro atoms. The van der Waals surface area contributed by atoms with Crippen LogP contribution >= 0.6 is 11.8 Å². The van der Waals surface area contributed by atoms with Crippen LogP contribution in [0, 0.1) is 0 Å². The second-order valence-corrected chi connectivity index (χ2v) is 5.43. The number of carbonyl (C=O) groups is 2. The van der Waals surface area contributed by atoms with Crippen LogP contribution in [0.5, 0.6) is 0 Å². The molecule has 4 nitrogen and oxygen atoms in total. The van der Waals surface area contributed by atoms with E-state index < -0.39 is 5.97 Å². The fraction of sp³-hybridized carbons (Fsp3) is 0.125. The number of nitrogens with one attached hydrogen (secondary N) is 1. The van der Waals surface area contributed by atoms with Crippen molar-refractivity contribution >= 4 is 23.6 Å². The summed E-state index contributed by atoms with van der Waals surface area (Å²) in [5.41, 5.74) is 1.30. The van der Waals surface area contributed by atoms with Gasteiger partial charge in [0.2, 0.25) is 5.91 Å². The molecule has 2 N–H and O–H groups in total. The molecule has 2 aromatic rings. The van der Waals surface area contributed by atoms with E-state index in [2.05, 4.69) is 5.32 Å². The highest BCUT2D eigenvalue weighted by molar-refractivity contribution is 8.00. The SMILES string of the molecule is O=C(CSc1ccc(C(=O)O)cc1)NCc1ccccc1. The molecule has 0 bridgehead atoms. The lowest BCUT2D eigenvalue weighted by Crippen LogP contribution is -2.24. The van der Waals surface area contributed by atoms with Crippen LogP contribution in [0.4, 0.5) is 0 Å². The van der Waals surface area contributed by atoms with Crippen LogP contribution in [0.3, 0.4) is 0 Å². The monoisotopic (exact) mass is 301 g/mol. The van der Waals surface area contributed by atoms with Crippen LogP contribution in [0.1, 0.15) is 15.9 Å². The number of thioether (sulfide) groups is 1. The molecule has 0 aromatic heterocycles. The molecule has 0 aliphatic carbocycles. The zero-order valence-electron chi connectivity index (χ0n) is 11.3. The summed E-state index contributed by atoms with van der Waals surface area (Å²) < 4.78 is 0. The van der Waals surface area contributed by atoms with E-state index >= 15 is 0 Å². The Bertz CT molecular complexity index is 611. The van der Waals surface area contributed by atoms with Crippen molar-refractivity contribution in [1.82, 2.24) is 5.32 Å². The van der Waals surface area contributed by atoms with Gasteiger partial charge < -0.3 is 10.4 Å². The molecule has 0 aliphatic rings. The van der Waals surface area contributed by atoms with E-state index in [1.165, 1.54) is 23.9 Å². The van der Waals surface area contributed by atoms with Crippen molar-refractivity contribution in [2.24, 2.45) is 0 Å². The minimum atomic E-state index is -0.952. The first kappa shape index (κ1) is 15.1. The summed E-state index contributed by atoms with van der Waals surface area (Å²) in [5, 5.41) is 11.6. The highest BCUT2D eigenvalue weighted by Crippen LogP contribution is 2.18. The Kier molecular flexibility index (Phi) is 5.40.